The Balaban J connectivity index is 2.73. The lowest BCUT2D eigenvalue weighted by atomic mass is 10.2. The standard InChI is InChI=1S/C14H22N2O3S/c1-5-10(9-17-2)15-14(20)16-12-8-11(18-3)6-7-13(12)19-4/h6-8,10H,5,9H2,1-4H3,(H2,15,16,20). The lowest BCUT2D eigenvalue weighted by Crippen LogP contribution is -2.40. The van der Waals surface area contributed by atoms with E-state index in [1.165, 1.54) is 0 Å². The van der Waals surface area contributed by atoms with E-state index in [2.05, 4.69) is 17.6 Å². The van der Waals surface area contributed by atoms with E-state index in [-0.39, 0.29) is 6.04 Å². The molecule has 5 nitrogen and oxygen atoms in total. The van der Waals surface area contributed by atoms with Crippen LogP contribution in [-0.4, -0.2) is 39.1 Å². The summed E-state index contributed by atoms with van der Waals surface area (Å²) in [7, 11) is 4.91. The molecule has 2 N–H and O–H groups in total. The van der Waals surface area contributed by atoms with E-state index in [9.17, 15) is 0 Å². The van der Waals surface area contributed by atoms with Crippen molar-refractivity contribution in [3.05, 3.63) is 18.2 Å². The van der Waals surface area contributed by atoms with Crippen molar-refractivity contribution < 1.29 is 14.2 Å². The lowest BCUT2D eigenvalue weighted by molar-refractivity contribution is 0.172. The summed E-state index contributed by atoms with van der Waals surface area (Å²) in [5.41, 5.74) is 0.761. The third kappa shape index (κ3) is 4.86. The Kier molecular flexibility index (Phi) is 7.11. The van der Waals surface area contributed by atoms with Crippen LogP contribution in [0, 0.1) is 0 Å². The summed E-state index contributed by atoms with van der Waals surface area (Å²) in [4.78, 5) is 0. The van der Waals surface area contributed by atoms with E-state index in [1.54, 1.807) is 21.3 Å². The van der Waals surface area contributed by atoms with Crippen molar-refractivity contribution in [2.24, 2.45) is 0 Å². The fraction of sp³-hybridized carbons (Fsp3) is 0.500. The molecule has 0 fully saturated rings. The van der Waals surface area contributed by atoms with Crippen LogP contribution in [0.5, 0.6) is 11.5 Å². The van der Waals surface area contributed by atoms with Crippen molar-refractivity contribution in [3.8, 4) is 11.5 Å². The summed E-state index contributed by atoms with van der Waals surface area (Å²) in [6.07, 6.45) is 0.922. The SMILES string of the molecule is CCC(COC)NC(=S)Nc1cc(OC)ccc1OC. The molecule has 1 aromatic rings. The summed E-state index contributed by atoms with van der Waals surface area (Å²) >= 11 is 5.31. The van der Waals surface area contributed by atoms with Crippen molar-refractivity contribution in [2.45, 2.75) is 19.4 Å². The number of hydrogen-bond donors (Lipinski definition) is 2. The van der Waals surface area contributed by atoms with Gasteiger partial charge in [-0.2, -0.15) is 0 Å². The van der Waals surface area contributed by atoms with E-state index in [0.29, 0.717) is 17.5 Å². The fourth-order valence-electron chi connectivity index (χ4n) is 1.72. The fourth-order valence-corrected chi connectivity index (χ4v) is 1.99. The highest BCUT2D eigenvalue weighted by Gasteiger charge is 2.10. The van der Waals surface area contributed by atoms with Crippen LogP contribution < -0.4 is 20.1 Å². The largest absolute Gasteiger partial charge is 0.497 e. The summed E-state index contributed by atoms with van der Waals surface area (Å²) in [5.74, 6) is 1.44. The third-order valence-corrected chi connectivity index (χ3v) is 3.07. The number of methoxy groups -OCH3 is 3. The van der Waals surface area contributed by atoms with Crippen molar-refractivity contribution in [1.82, 2.24) is 5.32 Å². The smallest absolute Gasteiger partial charge is 0.171 e. The summed E-state index contributed by atoms with van der Waals surface area (Å²) in [6.45, 7) is 2.68. The van der Waals surface area contributed by atoms with Gasteiger partial charge >= 0.3 is 0 Å². The van der Waals surface area contributed by atoms with Crippen molar-refractivity contribution in [2.75, 3.05) is 33.3 Å². The predicted octanol–water partition coefficient (Wildman–Crippen LogP) is 2.42. The molecule has 0 radical (unpaired) electrons. The van der Waals surface area contributed by atoms with Gasteiger partial charge in [0.25, 0.3) is 0 Å². The number of thiocarbonyl (C=S) groups is 1. The first kappa shape index (κ1) is 16.5. The molecule has 0 amide bonds. The molecule has 112 valence electrons. The van der Waals surface area contributed by atoms with Crippen LogP contribution in [0.3, 0.4) is 0 Å². The van der Waals surface area contributed by atoms with Gasteiger partial charge in [-0.15, -0.1) is 0 Å². The molecule has 0 aliphatic heterocycles. The van der Waals surface area contributed by atoms with Crippen LogP contribution in [0.25, 0.3) is 0 Å². The lowest BCUT2D eigenvalue weighted by Gasteiger charge is -2.19. The molecular formula is C14H22N2O3S. The Morgan fingerprint density at radius 3 is 2.55 bits per heavy atom. The summed E-state index contributed by atoms with van der Waals surface area (Å²) < 4.78 is 15.6. The maximum Gasteiger partial charge on any atom is 0.171 e. The molecule has 0 aromatic heterocycles. The van der Waals surface area contributed by atoms with Crippen molar-refractivity contribution in [3.63, 3.8) is 0 Å². The Morgan fingerprint density at radius 1 is 1.25 bits per heavy atom. The van der Waals surface area contributed by atoms with Gasteiger partial charge in [-0.3, -0.25) is 0 Å². The van der Waals surface area contributed by atoms with Gasteiger partial charge in [-0.1, -0.05) is 6.92 Å². The average molecular weight is 298 g/mol. The first-order valence-corrected chi connectivity index (χ1v) is 6.83. The molecule has 0 saturated carbocycles. The van der Waals surface area contributed by atoms with Gasteiger partial charge in [0.2, 0.25) is 0 Å². The average Bonchev–Trinajstić information content (AvgIpc) is 2.46. The van der Waals surface area contributed by atoms with Crippen LogP contribution in [0.15, 0.2) is 18.2 Å². The minimum Gasteiger partial charge on any atom is -0.497 e. The van der Waals surface area contributed by atoms with E-state index >= 15 is 0 Å². The van der Waals surface area contributed by atoms with Crippen LogP contribution in [0.4, 0.5) is 5.69 Å². The van der Waals surface area contributed by atoms with E-state index in [1.807, 2.05) is 18.2 Å². The predicted molar refractivity (Wildman–Crippen MR) is 84.9 cm³/mol. The molecule has 0 aliphatic rings. The van der Waals surface area contributed by atoms with E-state index in [4.69, 9.17) is 26.4 Å². The molecule has 20 heavy (non-hydrogen) atoms. The molecule has 1 atom stereocenters. The number of ether oxygens (including phenoxy) is 3. The zero-order valence-electron chi connectivity index (χ0n) is 12.4. The summed E-state index contributed by atoms with van der Waals surface area (Å²) in [5, 5.41) is 6.85. The molecule has 0 bridgehead atoms. The van der Waals surface area contributed by atoms with Gasteiger partial charge in [0.15, 0.2) is 5.11 Å². The van der Waals surface area contributed by atoms with Gasteiger partial charge in [0.05, 0.1) is 32.6 Å². The molecule has 0 heterocycles. The van der Waals surface area contributed by atoms with Crippen LogP contribution in [0.2, 0.25) is 0 Å². The second-order valence-corrected chi connectivity index (χ2v) is 4.63. The highest BCUT2D eigenvalue weighted by atomic mass is 32.1. The van der Waals surface area contributed by atoms with Crippen LogP contribution in [-0.2, 0) is 4.74 Å². The second-order valence-electron chi connectivity index (χ2n) is 4.23. The number of benzene rings is 1. The summed E-state index contributed by atoms with van der Waals surface area (Å²) in [6, 6.07) is 5.68. The van der Waals surface area contributed by atoms with Gasteiger partial charge in [-0.05, 0) is 30.8 Å². The van der Waals surface area contributed by atoms with Gasteiger partial charge in [0.1, 0.15) is 11.5 Å². The molecule has 1 aromatic carbocycles. The van der Waals surface area contributed by atoms with Crippen LogP contribution in [0.1, 0.15) is 13.3 Å². The molecule has 0 saturated heterocycles. The van der Waals surface area contributed by atoms with Gasteiger partial charge < -0.3 is 24.8 Å². The highest BCUT2D eigenvalue weighted by Crippen LogP contribution is 2.28. The maximum absolute atomic E-state index is 5.31. The minimum atomic E-state index is 0.177. The number of rotatable bonds is 7. The first-order valence-electron chi connectivity index (χ1n) is 6.43. The van der Waals surface area contributed by atoms with E-state index < -0.39 is 0 Å². The second kappa shape index (κ2) is 8.60. The minimum absolute atomic E-state index is 0.177. The normalized spacial score (nSPS) is 11.6. The van der Waals surface area contributed by atoms with Crippen molar-refractivity contribution in [1.29, 1.82) is 0 Å². The number of hydrogen-bond acceptors (Lipinski definition) is 4. The Hall–Kier alpha value is -1.53. The topological polar surface area (TPSA) is 51.8 Å². The quantitative estimate of drug-likeness (QED) is 0.754. The highest BCUT2D eigenvalue weighted by molar-refractivity contribution is 7.80. The Labute approximate surface area is 125 Å². The third-order valence-electron chi connectivity index (χ3n) is 2.85. The van der Waals surface area contributed by atoms with Gasteiger partial charge in [-0.25, -0.2) is 0 Å². The Bertz CT molecular complexity index is 440. The molecule has 0 spiro atoms. The first-order chi connectivity index (χ1) is 9.64. The molecule has 1 rings (SSSR count). The maximum atomic E-state index is 5.31. The number of anilines is 1. The molecule has 6 heteroatoms. The Morgan fingerprint density at radius 2 is 2.00 bits per heavy atom. The van der Waals surface area contributed by atoms with Gasteiger partial charge in [0, 0.05) is 13.2 Å². The number of nitrogens with one attached hydrogen (secondary N) is 2. The van der Waals surface area contributed by atoms with E-state index in [0.717, 1.165) is 17.9 Å². The zero-order chi connectivity index (χ0) is 15.0. The molecular weight excluding hydrogens is 276 g/mol. The zero-order valence-corrected chi connectivity index (χ0v) is 13.2. The van der Waals surface area contributed by atoms with Crippen molar-refractivity contribution >= 4 is 23.0 Å². The monoisotopic (exact) mass is 298 g/mol. The van der Waals surface area contributed by atoms with Crippen LogP contribution >= 0.6 is 12.2 Å². The molecule has 0 aliphatic carbocycles. The molecule has 1 unspecified atom stereocenters.